The topological polar surface area (TPSA) is 32.3 Å². The van der Waals surface area contributed by atoms with E-state index in [0.29, 0.717) is 5.92 Å². The van der Waals surface area contributed by atoms with E-state index in [-0.39, 0.29) is 6.10 Å². The number of hydrogen-bond donors (Lipinski definition) is 2. The molecule has 1 heterocycles. The second kappa shape index (κ2) is 3.94. The summed E-state index contributed by atoms with van der Waals surface area (Å²) in [7, 11) is 0. The Morgan fingerprint density at radius 2 is 1.92 bits per heavy atom. The number of rotatable bonds is 2. The smallest absolute Gasteiger partial charge is 0.0842 e. The maximum atomic E-state index is 9.89. The Hall–Kier alpha value is -0.130. The molecular weight excluding hydrogens is 277 g/mol. The van der Waals surface area contributed by atoms with Crippen molar-refractivity contribution in [1.82, 2.24) is 5.32 Å². The Bertz CT molecular complexity index is 281. The third-order valence-corrected chi connectivity index (χ3v) is 3.19. The maximum Gasteiger partial charge on any atom is 0.0842 e. The number of aliphatic hydroxyl groups excluding tert-OH is 1. The molecule has 0 radical (unpaired) electrons. The van der Waals surface area contributed by atoms with Crippen molar-refractivity contribution in [3.8, 4) is 0 Å². The minimum absolute atomic E-state index is 0.293. The number of nitrogens with one attached hydrogen (secondary N) is 1. The predicted molar refractivity (Wildman–Crippen MR) is 60.5 cm³/mol. The van der Waals surface area contributed by atoms with Crippen molar-refractivity contribution < 1.29 is 5.11 Å². The van der Waals surface area contributed by atoms with Crippen molar-refractivity contribution in [1.29, 1.82) is 0 Å². The Kier molecular flexibility index (Phi) is 2.86. The number of halogens is 1. The van der Waals surface area contributed by atoms with E-state index in [4.69, 9.17) is 0 Å². The van der Waals surface area contributed by atoms with Gasteiger partial charge in [0.15, 0.2) is 0 Å². The quantitative estimate of drug-likeness (QED) is 0.810. The van der Waals surface area contributed by atoms with Crippen LogP contribution in [-0.2, 0) is 0 Å². The molecule has 13 heavy (non-hydrogen) atoms. The molecule has 1 atom stereocenters. The van der Waals surface area contributed by atoms with Crippen LogP contribution in [0.2, 0.25) is 0 Å². The summed E-state index contributed by atoms with van der Waals surface area (Å²) in [5.41, 5.74) is 1.03. The fraction of sp³-hybridized carbons (Fsp3) is 0.400. The maximum absolute atomic E-state index is 9.89. The van der Waals surface area contributed by atoms with E-state index in [2.05, 4.69) is 27.9 Å². The average molecular weight is 289 g/mol. The van der Waals surface area contributed by atoms with Gasteiger partial charge in [0, 0.05) is 22.6 Å². The zero-order valence-corrected chi connectivity index (χ0v) is 9.36. The average Bonchev–Trinajstić information content (AvgIpc) is 2.02. The molecule has 0 saturated carbocycles. The molecule has 0 aliphatic carbocycles. The molecule has 1 aliphatic rings. The Morgan fingerprint density at radius 3 is 2.38 bits per heavy atom. The summed E-state index contributed by atoms with van der Waals surface area (Å²) in [6, 6.07) is 8.08. The fourth-order valence-electron chi connectivity index (χ4n) is 1.47. The Balaban J connectivity index is 2.10. The normalized spacial score (nSPS) is 19.5. The van der Waals surface area contributed by atoms with Crippen molar-refractivity contribution >= 4 is 22.6 Å². The highest BCUT2D eigenvalue weighted by Crippen LogP contribution is 2.25. The molecule has 0 spiro atoms. The van der Waals surface area contributed by atoms with Crippen LogP contribution in [0.3, 0.4) is 0 Å². The second-order valence-corrected chi connectivity index (χ2v) is 4.66. The van der Waals surface area contributed by atoms with Crippen molar-refractivity contribution in [2.75, 3.05) is 13.1 Å². The molecule has 1 aromatic carbocycles. The van der Waals surface area contributed by atoms with Gasteiger partial charge < -0.3 is 10.4 Å². The molecule has 70 valence electrons. The van der Waals surface area contributed by atoms with Crippen LogP contribution in [0.25, 0.3) is 0 Å². The van der Waals surface area contributed by atoms with Gasteiger partial charge in [-0.1, -0.05) is 12.1 Å². The van der Waals surface area contributed by atoms with Gasteiger partial charge in [0.1, 0.15) is 0 Å². The van der Waals surface area contributed by atoms with Crippen molar-refractivity contribution in [2.24, 2.45) is 5.92 Å². The molecule has 0 bridgehead atoms. The highest BCUT2D eigenvalue weighted by atomic mass is 127. The van der Waals surface area contributed by atoms with Crippen LogP contribution in [0.1, 0.15) is 11.7 Å². The zero-order chi connectivity index (χ0) is 9.26. The number of hydrogen-bond acceptors (Lipinski definition) is 2. The fourth-order valence-corrected chi connectivity index (χ4v) is 1.83. The van der Waals surface area contributed by atoms with Crippen molar-refractivity contribution in [3.05, 3.63) is 33.4 Å². The lowest BCUT2D eigenvalue weighted by Crippen LogP contribution is -2.45. The minimum Gasteiger partial charge on any atom is -0.388 e. The van der Waals surface area contributed by atoms with Gasteiger partial charge in [-0.2, -0.15) is 0 Å². The SMILES string of the molecule is OC(c1ccc(I)cc1)C1CNC1. The summed E-state index contributed by atoms with van der Waals surface area (Å²) in [6.07, 6.45) is -0.293. The molecule has 0 amide bonds. The van der Waals surface area contributed by atoms with E-state index in [1.807, 2.05) is 24.3 Å². The summed E-state index contributed by atoms with van der Waals surface area (Å²) >= 11 is 2.27. The molecular formula is C10H12INO. The summed E-state index contributed by atoms with van der Waals surface area (Å²) in [5.74, 6) is 0.403. The number of benzene rings is 1. The zero-order valence-electron chi connectivity index (χ0n) is 7.20. The molecule has 1 aliphatic heterocycles. The summed E-state index contributed by atoms with van der Waals surface area (Å²) in [6.45, 7) is 1.88. The molecule has 1 saturated heterocycles. The third-order valence-electron chi connectivity index (χ3n) is 2.47. The lowest BCUT2D eigenvalue weighted by molar-refractivity contribution is 0.0767. The first-order chi connectivity index (χ1) is 6.27. The minimum atomic E-state index is -0.293. The van der Waals surface area contributed by atoms with Gasteiger partial charge in [-0.3, -0.25) is 0 Å². The van der Waals surface area contributed by atoms with Crippen LogP contribution in [0.4, 0.5) is 0 Å². The lowest BCUT2D eigenvalue weighted by Gasteiger charge is -2.31. The van der Waals surface area contributed by atoms with E-state index >= 15 is 0 Å². The predicted octanol–water partition coefficient (Wildman–Crippen LogP) is 1.54. The second-order valence-electron chi connectivity index (χ2n) is 3.41. The van der Waals surface area contributed by atoms with E-state index in [0.717, 1.165) is 18.7 Å². The van der Waals surface area contributed by atoms with Gasteiger partial charge >= 0.3 is 0 Å². The highest BCUT2D eigenvalue weighted by Gasteiger charge is 2.26. The molecule has 2 nitrogen and oxygen atoms in total. The molecule has 2 N–H and O–H groups in total. The first-order valence-electron chi connectivity index (χ1n) is 4.41. The van der Waals surface area contributed by atoms with Crippen LogP contribution < -0.4 is 5.32 Å². The van der Waals surface area contributed by atoms with Gasteiger partial charge in [-0.05, 0) is 40.3 Å². The molecule has 2 rings (SSSR count). The van der Waals surface area contributed by atoms with Crippen LogP contribution in [0, 0.1) is 9.49 Å². The molecule has 0 aromatic heterocycles. The van der Waals surface area contributed by atoms with Gasteiger partial charge in [0.2, 0.25) is 0 Å². The van der Waals surface area contributed by atoms with Gasteiger partial charge in [-0.25, -0.2) is 0 Å². The van der Waals surface area contributed by atoms with Crippen LogP contribution in [-0.4, -0.2) is 18.2 Å². The van der Waals surface area contributed by atoms with E-state index in [1.54, 1.807) is 0 Å². The van der Waals surface area contributed by atoms with Crippen molar-refractivity contribution in [2.45, 2.75) is 6.10 Å². The Morgan fingerprint density at radius 1 is 1.31 bits per heavy atom. The van der Waals surface area contributed by atoms with Crippen LogP contribution in [0.5, 0.6) is 0 Å². The van der Waals surface area contributed by atoms with Crippen molar-refractivity contribution in [3.63, 3.8) is 0 Å². The molecule has 1 aromatic rings. The first-order valence-corrected chi connectivity index (χ1v) is 5.49. The van der Waals surface area contributed by atoms with E-state index in [9.17, 15) is 5.11 Å². The molecule has 1 unspecified atom stereocenters. The standard InChI is InChI=1S/C10H12INO/c11-9-3-1-7(2-4-9)10(13)8-5-12-6-8/h1-4,8,10,12-13H,5-6H2. The third kappa shape index (κ3) is 2.03. The van der Waals surface area contributed by atoms with Crippen LogP contribution >= 0.6 is 22.6 Å². The van der Waals surface area contributed by atoms with Crippen LogP contribution in [0.15, 0.2) is 24.3 Å². The highest BCUT2D eigenvalue weighted by molar-refractivity contribution is 14.1. The first kappa shape index (κ1) is 9.43. The number of aliphatic hydroxyl groups is 1. The van der Waals surface area contributed by atoms with Gasteiger partial charge in [0.05, 0.1) is 6.10 Å². The summed E-state index contributed by atoms with van der Waals surface area (Å²) in [4.78, 5) is 0. The van der Waals surface area contributed by atoms with Gasteiger partial charge in [0.25, 0.3) is 0 Å². The van der Waals surface area contributed by atoms with Gasteiger partial charge in [-0.15, -0.1) is 0 Å². The largest absolute Gasteiger partial charge is 0.388 e. The van der Waals surface area contributed by atoms with E-state index < -0.39 is 0 Å². The summed E-state index contributed by atoms with van der Waals surface area (Å²) < 4.78 is 1.21. The summed E-state index contributed by atoms with van der Waals surface area (Å²) in [5, 5.41) is 13.1. The Labute approximate surface area is 91.5 Å². The van der Waals surface area contributed by atoms with E-state index in [1.165, 1.54) is 3.57 Å². The monoisotopic (exact) mass is 289 g/mol. The molecule has 3 heteroatoms. The lowest BCUT2D eigenvalue weighted by atomic mass is 9.91. The molecule has 1 fully saturated rings.